The number of H-pyrrole nitrogens is 1. The topological polar surface area (TPSA) is 108 Å². The van der Waals surface area contributed by atoms with E-state index in [0.29, 0.717) is 30.6 Å². The molecule has 0 unspecified atom stereocenters. The summed E-state index contributed by atoms with van der Waals surface area (Å²) >= 11 is -0.232. The van der Waals surface area contributed by atoms with Crippen molar-refractivity contribution in [2.75, 3.05) is 12.3 Å². The van der Waals surface area contributed by atoms with E-state index in [1.165, 1.54) is 24.3 Å². The number of alkyl halides is 3. The molecule has 2 rings (SSSR count). The Bertz CT molecular complexity index is 780. The van der Waals surface area contributed by atoms with Crippen LogP contribution in [-0.2, 0) is 6.42 Å². The smallest absolute Gasteiger partial charge is 0.381 e. The van der Waals surface area contributed by atoms with Gasteiger partial charge in [-0.3, -0.25) is 9.89 Å². The monoisotopic (exact) mass is 369 g/mol. The number of carbonyl (C=O) groups excluding carboxylic acids is 1. The fourth-order valence-corrected chi connectivity index (χ4v) is 2.62. The normalized spacial score (nSPS) is 11.1. The van der Waals surface area contributed by atoms with Gasteiger partial charge in [-0.2, -0.15) is 23.5 Å². The van der Waals surface area contributed by atoms with Crippen LogP contribution in [0.2, 0.25) is 0 Å². The van der Waals surface area contributed by atoms with Crippen LogP contribution in [0.15, 0.2) is 29.2 Å². The number of nitrogens with one attached hydrogen (secondary N) is 2. The minimum Gasteiger partial charge on any atom is -0.381 e. The lowest BCUT2D eigenvalue weighted by atomic mass is 10.1. The third-order valence-corrected chi connectivity index (χ3v) is 3.96. The highest BCUT2D eigenvalue weighted by Gasteiger charge is 2.29. The average molecular weight is 369 g/mol. The van der Waals surface area contributed by atoms with Gasteiger partial charge >= 0.3 is 5.51 Å². The van der Waals surface area contributed by atoms with Gasteiger partial charge in [-0.25, -0.2) is 0 Å². The number of aromatic amines is 1. The maximum absolute atomic E-state index is 12.3. The predicted octanol–water partition coefficient (Wildman–Crippen LogP) is 2.84. The maximum atomic E-state index is 12.3. The van der Waals surface area contributed by atoms with Crippen molar-refractivity contribution in [3.8, 4) is 6.07 Å². The molecule has 0 aliphatic heterocycles. The Hall–Kier alpha value is -2.67. The first-order valence-corrected chi connectivity index (χ1v) is 7.98. The molecule has 0 saturated carbocycles. The van der Waals surface area contributed by atoms with Gasteiger partial charge in [0.25, 0.3) is 5.91 Å². The highest BCUT2D eigenvalue weighted by molar-refractivity contribution is 8.00. The molecule has 0 aliphatic rings. The summed E-state index contributed by atoms with van der Waals surface area (Å²) in [7, 11) is 0. The molecule has 1 aromatic heterocycles. The summed E-state index contributed by atoms with van der Waals surface area (Å²) in [6.45, 7) is 0.335. The van der Waals surface area contributed by atoms with E-state index in [0.717, 1.165) is 0 Å². The van der Waals surface area contributed by atoms with Crippen LogP contribution in [0.25, 0.3) is 0 Å². The summed E-state index contributed by atoms with van der Waals surface area (Å²) in [4.78, 5) is 12.0. The molecule has 6 nitrogen and oxygen atoms in total. The Morgan fingerprint density at radius 3 is 2.64 bits per heavy atom. The second kappa shape index (κ2) is 7.94. The summed E-state index contributed by atoms with van der Waals surface area (Å²) in [5.74, 6) is -0.244. The number of nitriles is 1. The minimum atomic E-state index is -4.36. The van der Waals surface area contributed by atoms with Crippen molar-refractivity contribution in [3.63, 3.8) is 0 Å². The number of hydrogen-bond acceptors (Lipinski definition) is 5. The van der Waals surface area contributed by atoms with Crippen LogP contribution in [0.3, 0.4) is 0 Å². The molecule has 2 aromatic rings. The fraction of sp³-hybridized carbons (Fsp3) is 0.267. The van der Waals surface area contributed by atoms with E-state index in [2.05, 4.69) is 15.5 Å². The van der Waals surface area contributed by atoms with Crippen LogP contribution >= 0.6 is 11.8 Å². The van der Waals surface area contributed by atoms with E-state index in [4.69, 9.17) is 11.0 Å². The standard InChI is InChI=1S/C15H14F3N5OS/c16-15(17,18)25-10-5-3-9(4-6-10)14(24)21-7-1-2-12-11(8-19)13(20)23-22-12/h3-6H,1-2,7H2,(H,21,24)(H3,20,22,23). The number of carbonyl (C=O) groups is 1. The molecule has 0 radical (unpaired) electrons. The van der Waals surface area contributed by atoms with Crippen molar-refractivity contribution < 1.29 is 18.0 Å². The third kappa shape index (κ3) is 5.42. The fourth-order valence-electron chi connectivity index (χ4n) is 2.08. The molecular formula is C15H14F3N5OS. The number of aromatic nitrogens is 2. The molecule has 0 fully saturated rings. The summed E-state index contributed by atoms with van der Waals surface area (Å²) in [5.41, 5.74) is 2.33. The number of anilines is 1. The lowest BCUT2D eigenvalue weighted by Crippen LogP contribution is -2.24. The third-order valence-electron chi connectivity index (χ3n) is 3.22. The average Bonchev–Trinajstić information content (AvgIpc) is 2.90. The molecule has 1 heterocycles. The van der Waals surface area contributed by atoms with Crippen molar-refractivity contribution in [2.24, 2.45) is 0 Å². The van der Waals surface area contributed by atoms with Gasteiger partial charge in [0, 0.05) is 17.0 Å². The first-order valence-electron chi connectivity index (χ1n) is 7.17. The maximum Gasteiger partial charge on any atom is 0.446 e. The molecule has 0 atom stereocenters. The number of nitrogens with zero attached hydrogens (tertiary/aromatic N) is 2. The van der Waals surface area contributed by atoms with Crippen LogP contribution in [-0.4, -0.2) is 28.2 Å². The van der Waals surface area contributed by atoms with Crippen molar-refractivity contribution in [2.45, 2.75) is 23.2 Å². The van der Waals surface area contributed by atoms with Crippen LogP contribution in [0, 0.1) is 11.3 Å². The van der Waals surface area contributed by atoms with E-state index in [-0.39, 0.29) is 33.9 Å². The molecule has 132 valence electrons. The molecule has 10 heteroatoms. The van der Waals surface area contributed by atoms with Crippen molar-refractivity contribution >= 4 is 23.5 Å². The van der Waals surface area contributed by atoms with Gasteiger partial charge in [-0.1, -0.05) is 0 Å². The molecule has 0 aliphatic carbocycles. The van der Waals surface area contributed by atoms with Gasteiger partial charge in [0.2, 0.25) is 0 Å². The zero-order valence-corrected chi connectivity index (χ0v) is 13.7. The van der Waals surface area contributed by atoms with Gasteiger partial charge in [0.15, 0.2) is 5.82 Å². The molecular weight excluding hydrogens is 355 g/mol. The lowest BCUT2D eigenvalue weighted by Gasteiger charge is -2.07. The summed E-state index contributed by atoms with van der Waals surface area (Å²) in [6, 6.07) is 7.13. The second-order valence-electron chi connectivity index (χ2n) is 5.01. The molecule has 25 heavy (non-hydrogen) atoms. The molecule has 1 aromatic carbocycles. The van der Waals surface area contributed by atoms with E-state index in [1.807, 2.05) is 6.07 Å². The number of hydrogen-bond donors (Lipinski definition) is 3. The molecule has 0 bridgehead atoms. The van der Waals surface area contributed by atoms with Gasteiger partial charge in [0.1, 0.15) is 11.6 Å². The predicted molar refractivity (Wildman–Crippen MR) is 86.7 cm³/mol. The van der Waals surface area contributed by atoms with E-state index < -0.39 is 5.51 Å². The van der Waals surface area contributed by atoms with Crippen molar-refractivity contribution in [1.82, 2.24) is 15.5 Å². The van der Waals surface area contributed by atoms with E-state index in [9.17, 15) is 18.0 Å². The Kier molecular flexibility index (Phi) is 5.93. The second-order valence-corrected chi connectivity index (χ2v) is 6.14. The van der Waals surface area contributed by atoms with Crippen LogP contribution in [0.4, 0.5) is 19.0 Å². The molecule has 0 saturated heterocycles. The number of nitrogens with two attached hydrogens (primary N) is 1. The molecule has 4 N–H and O–H groups in total. The Balaban J connectivity index is 1.81. The van der Waals surface area contributed by atoms with E-state index >= 15 is 0 Å². The zero-order chi connectivity index (χ0) is 18.4. The molecule has 0 spiro atoms. The van der Waals surface area contributed by atoms with Gasteiger partial charge < -0.3 is 11.1 Å². The Labute approximate surface area is 145 Å². The van der Waals surface area contributed by atoms with Gasteiger partial charge in [-0.15, -0.1) is 0 Å². The van der Waals surface area contributed by atoms with Crippen LogP contribution < -0.4 is 11.1 Å². The number of benzene rings is 1. The van der Waals surface area contributed by atoms with Crippen LogP contribution in [0.1, 0.15) is 28.0 Å². The van der Waals surface area contributed by atoms with Crippen molar-refractivity contribution in [3.05, 3.63) is 41.1 Å². The molecule has 1 amide bonds. The number of nitrogen functional groups attached to an aromatic ring is 1. The summed E-state index contributed by atoms with van der Waals surface area (Å²) in [6.07, 6.45) is 1.03. The minimum absolute atomic E-state index is 0.0184. The number of amides is 1. The van der Waals surface area contributed by atoms with Crippen LogP contribution in [0.5, 0.6) is 0 Å². The number of aryl methyl sites for hydroxylation is 1. The first-order chi connectivity index (χ1) is 11.8. The Morgan fingerprint density at radius 2 is 2.04 bits per heavy atom. The quantitative estimate of drug-likeness (QED) is 0.536. The van der Waals surface area contributed by atoms with Crippen molar-refractivity contribution in [1.29, 1.82) is 5.26 Å². The summed E-state index contributed by atoms with van der Waals surface area (Å²) in [5, 5.41) is 18.0. The highest BCUT2D eigenvalue weighted by atomic mass is 32.2. The van der Waals surface area contributed by atoms with Gasteiger partial charge in [-0.05, 0) is 48.9 Å². The number of halogens is 3. The van der Waals surface area contributed by atoms with Gasteiger partial charge in [0.05, 0.1) is 5.69 Å². The number of rotatable bonds is 6. The largest absolute Gasteiger partial charge is 0.446 e. The zero-order valence-electron chi connectivity index (χ0n) is 12.9. The highest BCUT2D eigenvalue weighted by Crippen LogP contribution is 2.36. The lowest BCUT2D eigenvalue weighted by molar-refractivity contribution is -0.0328. The first kappa shape index (κ1) is 18.7. The van der Waals surface area contributed by atoms with E-state index in [1.54, 1.807) is 0 Å². The summed E-state index contributed by atoms with van der Waals surface area (Å²) < 4.78 is 36.8. The Morgan fingerprint density at radius 1 is 1.36 bits per heavy atom. The SMILES string of the molecule is N#Cc1c(N)n[nH]c1CCCNC(=O)c1ccc(SC(F)(F)F)cc1. The number of thioether (sulfide) groups is 1.